The summed E-state index contributed by atoms with van der Waals surface area (Å²) in [5.74, 6) is 1.49. The molecule has 3 fully saturated rings. The summed E-state index contributed by atoms with van der Waals surface area (Å²) in [5, 5.41) is 2.78. The number of amides is 3. The Morgan fingerprint density at radius 3 is 2.00 bits per heavy atom. The van der Waals surface area contributed by atoms with E-state index in [4.69, 9.17) is 4.74 Å². The summed E-state index contributed by atoms with van der Waals surface area (Å²) in [6.07, 6.45) is 5.39. The molecule has 5 aliphatic rings. The number of nitrogens with one attached hydrogen (secondary N) is 1. The minimum absolute atomic E-state index is 0.165. The number of hydrogen-bond acceptors (Lipinski definition) is 4. The summed E-state index contributed by atoms with van der Waals surface area (Å²) in [7, 11) is 0. The van der Waals surface area contributed by atoms with E-state index in [-0.39, 0.29) is 47.9 Å². The Morgan fingerprint density at radius 2 is 1.44 bits per heavy atom. The molecule has 162 valence electrons. The third-order valence-corrected chi connectivity index (χ3v) is 7.77. The third kappa shape index (κ3) is 3.18. The lowest BCUT2D eigenvalue weighted by Gasteiger charge is -2.37. The monoisotopic (exact) mass is 492 g/mol. The first-order valence-corrected chi connectivity index (χ1v) is 11.7. The molecule has 0 radical (unpaired) electrons. The fraction of sp³-hybridized carbons (Fsp3) is 0.320. The summed E-state index contributed by atoms with van der Waals surface area (Å²) in [4.78, 5) is 39.8. The number of benzene rings is 2. The molecular weight excluding hydrogens is 472 g/mol. The second kappa shape index (κ2) is 7.30. The predicted molar refractivity (Wildman–Crippen MR) is 121 cm³/mol. The van der Waals surface area contributed by atoms with Gasteiger partial charge >= 0.3 is 0 Å². The molecule has 4 aliphatic carbocycles. The Bertz CT molecular complexity index is 1110. The van der Waals surface area contributed by atoms with E-state index in [1.165, 1.54) is 4.90 Å². The van der Waals surface area contributed by atoms with Crippen molar-refractivity contribution in [1.29, 1.82) is 0 Å². The fourth-order valence-corrected chi connectivity index (χ4v) is 6.03. The molecule has 2 aromatic rings. The lowest BCUT2D eigenvalue weighted by molar-refractivity contribution is -0.142. The molecule has 1 heterocycles. The summed E-state index contributed by atoms with van der Waals surface area (Å²) in [6.45, 7) is -0.239. The number of hydrogen-bond donors (Lipinski definition) is 1. The van der Waals surface area contributed by atoms with E-state index in [0.717, 1.165) is 10.9 Å². The van der Waals surface area contributed by atoms with Crippen LogP contribution >= 0.6 is 15.9 Å². The smallest absolute Gasteiger partial charge is 0.244 e. The van der Waals surface area contributed by atoms with Gasteiger partial charge in [-0.2, -0.15) is 0 Å². The number of ether oxygens (including phenoxy) is 1. The topological polar surface area (TPSA) is 75.7 Å². The van der Waals surface area contributed by atoms with Crippen LogP contribution in [0.5, 0.6) is 11.5 Å². The van der Waals surface area contributed by atoms with Gasteiger partial charge in [-0.15, -0.1) is 0 Å². The highest BCUT2D eigenvalue weighted by Crippen LogP contribution is 2.65. The summed E-state index contributed by atoms with van der Waals surface area (Å²) in [6, 6.07) is 14.5. The van der Waals surface area contributed by atoms with Crippen molar-refractivity contribution in [3.8, 4) is 11.5 Å². The van der Waals surface area contributed by atoms with Gasteiger partial charge < -0.3 is 10.1 Å². The number of imide groups is 1. The number of allylic oxidation sites excluding steroid dienone is 2. The molecule has 2 bridgehead atoms. The first-order chi connectivity index (χ1) is 15.5. The maximum Gasteiger partial charge on any atom is 0.244 e. The minimum Gasteiger partial charge on any atom is -0.457 e. The zero-order chi connectivity index (χ0) is 22.0. The highest BCUT2D eigenvalue weighted by atomic mass is 79.9. The van der Waals surface area contributed by atoms with Gasteiger partial charge in [0.1, 0.15) is 18.0 Å². The first-order valence-electron chi connectivity index (χ1n) is 10.9. The van der Waals surface area contributed by atoms with Gasteiger partial charge in [-0.25, -0.2) is 0 Å². The third-order valence-electron chi connectivity index (χ3n) is 7.24. The minimum atomic E-state index is -0.377. The Balaban J connectivity index is 1.09. The van der Waals surface area contributed by atoms with Crippen LogP contribution in [0.3, 0.4) is 0 Å². The number of nitrogens with zero attached hydrogens (tertiary/aromatic N) is 1. The SMILES string of the molecule is O=C(CN1C(=O)[C@@H]2[C@H]3C=C[C@@H]([C@@H]4C[C@H]34)[C@@H]2C1=O)Nc1ccc(Oc2ccc(Br)cc2)cc1. The molecule has 3 amide bonds. The van der Waals surface area contributed by atoms with E-state index in [0.29, 0.717) is 29.0 Å². The molecule has 0 spiro atoms. The zero-order valence-corrected chi connectivity index (χ0v) is 18.7. The molecule has 32 heavy (non-hydrogen) atoms. The number of carbonyl (C=O) groups is 3. The number of carbonyl (C=O) groups excluding carboxylic acids is 3. The van der Waals surface area contributed by atoms with Crippen LogP contribution in [0.15, 0.2) is 65.2 Å². The van der Waals surface area contributed by atoms with Gasteiger partial charge in [0.05, 0.1) is 11.8 Å². The molecular formula is C25H21BrN2O4. The molecule has 7 heteroatoms. The summed E-state index contributed by atoms with van der Waals surface area (Å²) < 4.78 is 6.75. The van der Waals surface area contributed by atoms with Crippen molar-refractivity contribution >= 4 is 39.3 Å². The molecule has 7 rings (SSSR count). The second-order valence-corrected chi connectivity index (χ2v) is 9.96. The normalized spacial score (nSPS) is 31.3. The Labute approximate surface area is 193 Å². The van der Waals surface area contributed by atoms with E-state index >= 15 is 0 Å². The van der Waals surface area contributed by atoms with Gasteiger partial charge in [0.15, 0.2) is 0 Å². The van der Waals surface area contributed by atoms with Crippen LogP contribution in [0.4, 0.5) is 5.69 Å². The predicted octanol–water partition coefficient (Wildman–Crippen LogP) is 4.23. The number of anilines is 1. The molecule has 1 aliphatic heterocycles. The Kier molecular flexibility index (Phi) is 4.50. The van der Waals surface area contributed by atoms with Gasteiger partial charge in [0.25, 0.3) is 0 Å². The number of likely N-dealkylation sites (tertiary alicyclic amines) is 1. The average Bonchev–Trinajstić information content (AvgIpc) is 3.58. The highest BCUT2D eigenvalue weighted by Gasteiger charge is 2.67. The average molecular weight is 493 g/mol. The first kappa shape index (κ1) is 19.7. The van der Waals surface area contributed by atoms with Crippen LogP contribution in [-0.2, 0) is 14.4 Å². The van der Waals surface area contributed by atoms with Gasteiger partial charge in [-0.05, 0) is 78.6 Å². The largest absolute Gasteiger partial charge is 0.457 e. The van der Waals surface area contributed by atoms with Gasteiger partial charge in [-0.1, -0.05) is 28.1 Å². The Morgan fingerprint density at radius 1 is 0.906 bits per heavy atom. The quantitative estimate of drug-likeness (QED) is 0.500. The van der Waals surface area contributed by atoms with E-state index in [1.807, 2.05) is 24.3 Å². The van der Waals surface area contributed by atoms with Crippen molar-refractivity contribution in [2.75, 3.05) is 11.9 Å². The van der Waals surface area contributed by atoms with Crippen molar-refractivity contribution in [3.05, 3.63) is 65.2 Å². The van der Waals surface area contributed by atoms with Crippen LogP contribution in [0.1, 0.15) is 6.42 Å². The Hall–Kier alpha value is -2.93. The van der Waals surface area contributed by atoms with Crippen molar-refractivity contribution in [1.82, 2.24) is 4.90 Å². The molecule has 2 saturated carbocycles. The van der Waals surface area contributed by atoms with Crippen molar-refractivity contribution in [2.45, 2.75) is 6.42 Å². The van der Waals surface area contributed by atoms with Crippen molar-refractivity contribution < 1.29 is 19.1 Å². The van der Waals surface area contributed by atoms with Crippen LogP contribution in [0, 0.1) is 35.5 Å². The van der Waals surface area contributed by atoms with Crippen LogP contribution in [-0.4, -0.2) is 29.2 Å². The van der Waals surface area contributed by atoms with Crippen LogP contribution in [0.25, 0.3) is 0 Å². The fourth-order valence-electron chi connectivity index (χ4n) is 5.76. The van der Waals surface area contributed by atoms with Gasteiger partial charge in [0.2, 0.25) is 17.7 Å². The van der Waals surface area contributed by atoms with Gasteiger partial charge in [0, 0.05) is 10.2 Å². The zero-order valence-electron chi connectivity index (χ0n) is 17.1. The summed E-state index contributed by atoms with van der Waals surface area (Å²) >= 11 is 3.39. The summed E-state index contributed by atoms with van der Waals surface area (Å²) in [5.41, 5.74) is 0.581. The standard InChI is InChI=1S/C25H21BrN2O4/c26-13-1-5-15(6-2-13)32-16-7-3-14(4-8-16)27-21(29)12-28-24(30)22-17-9-10-18(20-11-19(17)20)23(22)25(28)31/h1-10,17-20,22-23H,11-12H2,(H,27,29)/t17-,18-,19-,20+,22-,23+/m0/s1. The lowest BCUT2D eigenvalue weighted by atomic mass is 9.63. The van der Waals surface area contributed by atoms with E-state index < -0.39 is 0 Å². The highest BCUT2D eigenvalue weighted by molar-refractivity contribution is 9.10. The number of rotatable bonds is 5. The van der Waals surface area contributed by atoms with Crippen molar-refractivity contribution in [2.24, 2.45) is 35.5 Å². The maximum absolute atomic E-state index is 13.0. The molecule has 2 aromatic carbocycles. The second-order valence-electron chi connectivity index (χ2n) is 9.05. The molecule has 6 atom stereocenters. The maximum atomic E-state index is 13.0. The molecule has 1 saturated heterocycles. The van der Waals surface area contributed by atoms with E-state index in [2.05, 4.69) is 33.4 Å². The van der Waals surface area contributed by atoms with Crippen molar-refractivity contribution in [3.63, 3.8) is 0 Å². The number of halogens is 1. The molecule has 0 unspecified atom stereocenters. The van der Waals surface area contributed by atoms with Crippen LogP contribution in [0.2, 0.25) is 0 Å². The van der Waals surface area contributed by atoms with E-state index in [1.54, 1.807) is 24.3 Å². The lowest BCUT2D eigenvalue weighted by Crippen LogP contribution is -2.40. The molecule has 1 N–H and O–H groups in total. The molecule has 6 nitrogen and oxygen atoms in total. The van der Waals surface area contributed by atoms with Crippen LogP contribution < -0.4 is 10.1 Å². The molecule has 0 aromatic heterocycles. The van der Waals surface area contributed by atoms with E-state index in [9.17, 15) is 14.4 Å². The van der Waals surface area contributed by atoms with Gasteiger partial charge in [-0.3, -0.25) is 19.3 Å².